The molecule has 2 amide bonds. The largest absolute Gasteiger partial charge is 0.466 e. The van der Waals surface area contributed by atoms with Crippen molar-refractivity contribution in [3.05, 3.63) is 55.1 Å². The fraction of sp³-hybridized carbons (Fsp3) is 0.464. The number of esters is 1. The summed E-state index contributed by atoms with van der Waals surface area (Å²) in [5.41, 5.74) is -0.465. The zero-order valence-electron chi connectivity index (χ0n) is 20.6. The van der Waals surface area contributed by atoms with Crippen LogP contribution in [0, 0.1) is 11.8 Å². The maximum Gasteiger partial charge on any atom is 0.312 e. The Labute approximate surface area is 210 Å². The van der Waals surface area contributed by atoms with Crippen molar-refractivity contribution in [1.29, 1.82) is 0 Å². The van der Waals surface area contributed by atoms with E-state index in [-0.39, 0.29) is 31.6 Å². The van der Waals surface area contributed by atoms with Gasteiger partial charge in [-0.25, -0.2) is 0 Å². The monoisotopic (exact) mass is 492 g/mol. The molecule has 8 heteroatoms. The van der Waals surface area contributed by atoms with E-state index in [0.717, 1.165) is 10.8 Å². The van der Waals surface area contributed by atoms with Crippen LogP contribution in [0.3, 0.4) is 0 Å². The second-order valence-electron chi connectivity index (χ2n) is 9.85. The molecule has 2 aromatic rings. The fourth-order valence-electron chi connectivity index (χ4n) is 6.38. The van der Waals surface area contributed by atoms with Crippen LogP contribution in [0.25, 0.3) is 10.8 Å². The number of likely N-dealkylation sites (tertiary alicyclic amines) is 1. The quantitative estimate of drug-likeness (QED) is 0.450. The number of aliphatic hydroxyl groups excluding tert-OH is 1. The number of carbonyl (C=O) groups excluding carboxylic acids is 3. The zero-order chi connectivity index (χ0) is 25.6. The van der Waals surface area contributed by atoms with Crippen LogP contribution >= 0.6 is 0 Å². The van der Waals surface area contributed by atoms with E-state index in [4.69, 9.17) is 9.47 Å². The van der Waals surface area contributed by atoms with Crippen LogP contribution in [-0.2, 0) is 23.9 Å². The van der Waals surface area contributed by atoms with Crippen molar-refractivity contribution in [2.45, 2.75) is 50.5 Å². The number of fused-ring (bicyclic) bond motifs is 2. The van der Waals surface area contributed by atoms with Gasteiger partial charge in [-0.2, -0.15) is 0 Å². The summed E-state index contributed by atoms with van der Waals surface area (Å²) in [4.78, 5) is 44.2. The Hall–Kier alpha value is -3.23. The van der Waals surface area contributed by atoms with E-state index in [0.29, 0.717) is 18.5 Å². The van der Waals surface area contributed by atoms with Gasteiger partial charge in [-0.1, -0.05) is 36.4 Å². The van der Waals surface area contributed by atoms with E-state index in [2.05, 4.69) is 6.58 Å². The summed E-state index contributed by atoms with van der Waals surface area (Å²) in [5, 5.41) is 12.0. The number of carbonyl (C=O) groups is 3. The summed E-state index contributed by atoms with van der Waals surface area (Å²) >= 11 is 0. The van der Waals surface area contributed by atoms with E-state index in [1.165, 1.54) is 4.90 Å². The van der Waals surface area contributed by atoms with E-state index in [1.54, 1.807) is 24.8 Å². The van der Waals surface area contributed by atoms with Gasteiger partial charge in [-0.05, 0) is 49.6 Å². The van der Waals surface area contributed by atoms with Crippen molar-refractivity contribution in [1.82, 2.24) is 4.90 Å². The third-order valence-corrected chi connectivity index (χ3v) is 7.89. The van der Waals surface area contributed by atoms with E-state index >= 15 is 0 Å². The molecule has 0 aromatic heterocycles. The van der Waals surface area contributed by atoms with Gasteiger partial charge >= 0.3 is 5.97 Å². The van der Waals surface area contributed by atoms with Crippen LogP contribution in [0.15, 0.2) is 55.1 Å². The van der Waals surface area contributed by atoms with Crippen molar-refractivity contribution in [3.63, 3.8) is 0 Å². The van der Waals surface area contributed by atoms with Crippen molar-refractivity contribution < 1.29 is 29.0 Å². The minimum Gasteiger partial charge on any atom is -0.466 e. The van der Waals surface area contributed by atoms with Crippen molar-refractivity contribution in [2.24, 2.45) is 11.8 Å². The van der Waals surface area contributed by atoms with Gasteiger partial charge in [0.05, 0.1) is 37.2 Å². The molecule has 3 fully saturated rings. The van der Waals surface area contributed by atoms with Gasteiger partial charge in [0, 0.05) is 12.2 Å². The highest BCUT2D eigenvalue weighted by molar-refractivity contribution is 6.05. The average Bonchev–Trinajstić information content (AvgIpc) is 3.53. The number of ether oxygens (including phenoxy) is 2. The highest BCUT2D eigenvalue weighted by Crippen LogP contribution is 2.59. The number of benzene rings is 2. The first-order valence-corrected chi connectivity index (χ1v) is 12.6. The Kier molecular flexibility index (Phi) is 6.34. The van der Waals surface area contributed by atoms with Gasteiger partial charge in [0.25, 0.3) is 5.91 Å². The van der Waals surface area contributed by atoms with Crippen LogP contribution in [0.4, 0.5) is 5.69 Å². The first kappa shape index (κ1) is 24.5. The topological polar surface area (TPSA) is 96.4 Å². The average molecular weight is 493 g/mol. The van der Waals surface area contributed by atoms with E-state index in [9.17, 15) is 19.5 Å². The maximum atomic E-state index is 14.4. The number of anilines is 1. The Balaban J connectivity index is 1.59. The molecule has 8 nitrogen and oxygen atoms in total. The molecule has 36 heavy (non-hydrogen) atoms. The van der Waals surface area contributed by atoms with Gasteiger partial charge in [-0.3, -0.25) is 14.4 Å². The molecule has 2 aromatic carbocycles. The number of hydrogen-bond acceptors (Lipinski definition) is 6. The maximum absolute atomic E-state index is 14.4. The normalized spacial score (nSPS) is 29.3. The lowest BCUT2D eigenvalue weighted by Crippen LogP contribution is -2.58. The molecule has 0 radical (unpaired) electrons. The number of aliphatic hydroxyl groups is 1. The molecule has 1 spiro atoms. The van der Waals surface area contributed by atoms with E-state index in [1.807, 2.05) is 42.5 Å². The van der Waals surface area contributed by atoms with Crippen LogP contribution in [0.5, 0.6) is 0 Å². The summed E-state index contributed by atoms with van der Waals surface area (Å²) in [5.74, 6) is -2.70. The Morgan fingerprint density at radius 1 is 1.31 bits per heavy atom. The zero-order valence-corrected chi connectivity index (χ0v) is 20.6. The summed E-state index contributed by atoms with van der Waals surface area (Å²) in [7, 11) is 0. The second kappa shape index (κ2) is 9.33. The van der Waals surface area contributed by atoms with Crippen molar-refractivity contribution >= 4 is 34.2 Å². The third kappa shape index (κ3) is 3.54. The predicted molar refractivity (Wildman–Crippen MR) is 134 cm³/mol. The molecule has 1 N–H and O–H groups in total. The summed E-state index contributed by atoms with van der Waals surface area (Å²) < 4.78 is 11.7. The van der Waals surface area contributed by atoms with Crippen LogP contribution in [0.1, 0.15) is 26.7 Å². The molecule has 5 rings (SSSR count). The summed E-state index contributed by atoms with van der Waals surface area (Å²) in [6.45, 7) is 7.38. The summed E-state index contributed by atoms with van der Waals surface area (Å²) in [6.07, 6.45) is 2.23. The third-order valence-electron chi connectivity index (χ3n) is 7.89. The molecule has 3 heterocycles. The SMILES string of the molecule is C=CCN(C(=O)C1N([C@H](C)CO)C(=O)[C@@H]2[C@H](C(=O)OCC)[C@@H]3CCC12O3)c1ccc2ccccc2c1. The molecule has 0 aliphatic carbocycles. The van der Waals surface area contributed by atoms with Crippen LogP contribution < -0.4 is 4.90 Å². The van der Waals surface area contributed by atoms with Crippen molar-refractivity contribution in [3.8, 4) is 0 Å². The minimum absolute atomic E-state index is 0.199. The highest BCUT2D eigenvalue weighted by atomic mass is 16.6. The number of nitrogens with zero attached hydrogens (tertiary/aromatic N) is 2. The van der Waals surface area contributed by atoms with Gasteiger partial charge in [0.1, 0.15) is 11.6 Å². The predicted octanol–water partition coefficient (Wildman–Crippen LogP) is 2.68. The number of amides is 2. The molecule has 3 saturated heterocycles. The molecule has 190 valence electrons. The Morgan fingerprint density at radius 2 is 2.06 bits per heavy atom. The standard InChI is InChI=1S/C28H32N2O6/c1-4-14-29(20-11-10-18-8-6-7-9-19(18)15-20)26(33)24-28-13-12-21(36-28)22(27(34)35-5-2)23(28)25(32)30(24)17(3)16-31/h4,6-11,15,17,21-24,31H,1,5,12-14,16H2,2-3H3/t17-,21+,22-,23+,24?,28?/m1/s1. The van der Waals surface area contributed by atoms with Crippen LogP contribution in [-0.4, -0.2) is 71.3 Å². The van der Waals surface area contributed by atoms with Gasteiger partial charge < -0.3 is 24.4 Å². The van der Waals surface area contributed by atoms with Crippen LogP contribution in [0.2, 0.25) is 0 Å². The molecule has 3 aliphatic rings. The first-order valence-electron chi connectivity index (χ1n) is 12.6. The molecule has 0 saturated carbocycles. The molecule has 6 atom stereocenters. The molecule has 2 unspecified atom stereocenters. The second-order valence-corrected chi connectivity index (χ2v) is 9.85. The van der Waals surface area contributed by atoms with Crippen molar-refractivity contribution in [2.75, 3.05) is 24.7 Å². The first-order chi connectivity index (χ1) is 17.4. The van der Waals surface area contributed by atoms with Gasteiger partial charge in [0.2, 0.25) is 5.91 Å². The Morgan fingerprint density at radius 3 is 2.75 bits per heavy atom. The minimum atomic E-state index is -1.14. The highest BCUT2D eigenvalue weighted by Gasteiger charge is 2.75. The molecular formula is C28H32N2O6. The number of rotatable bonds is 8. The van der Waals surface area contributed by atoms with Gasteiger partial charge in [-0.15, -0.1) is 6.58 Å². The summed E-state index contributed by atoms with van der Waals surface area (Å²) in [6, 6.07) is 12.1. The van der Waals surface area contributed by atoms with Gasteiger partial charge in [0.15, 0.2) is 0 Å². The fourth-order valence-corrected chi connectivity index (χ4v) is 6.38. The molecule has 2 bridgehead atoms. The lowest BCUT2D eigenvalue weighted by molar-refractivity contribution is -0.155. The van der Waals surface area contributed by atoms with E-state index < -0.39 is 41.6 Å². The Bertz CT molecular complexity index is 1210. The number of hydrogen-bond donors (Lipinski definition) is 1. The smallest absolute Gasteiger partial charge is 0.312 e. The molecular weight excluding hydrogens is 460 g/mol. The molecule has 3 aliphatic heterocycles. The lowest BCUT2D eigenvalue weighted by Gasteiger charge is -2.38. The lowest BCUT2D eigenvalue weighted by atomic mass is 9.70.